The third-order valence-corrected chi connectivity index (χ3v) is 4.95. The Kier molecular flexibility index (Phi) is 4.43. The Morgan fingerprint density at radius 1 is 1.38 bits per heavy atom. The summed E-state index contributed by atoms with van der Waals surface area (Å²) in [6.45, 7) is 0.0682. The largest absolute Gasteiger partial charge is 0.468 e. The molecule has 0 saturated carbocycles. The van der Waals surface area contributed by atoms with E-state index in [1.165, 1.54) is 7.11 Å². The Morgan fingerprint density at radius 3 is 2.71 bits per heavy atom. The zero-order valence-corrected chi connectivity index (χ0v) is 11.9. The van der Waals surface area contributed by atoms with Crippen molar-refractivity contribution in [2.24, 2.45) is 0 Å². The lowest BCUT2D eigenvalue weighted by molar-refractivity contribution is -0.142. The molecule has 1 fully saturated rings. The van der Waals surface area contributed by atoms with Crippen LogP contribution in [0.25, 0.3) is 0 Å². The summed E-state index contributed by atoms with van der Waals surface area (Å²) < 4.78 is 56.8. The van der Waals surface area contributed by atoms with Crippen LogP contribution >= 0.6 is 0 Å². The summed E-state index contributed by atoms with van der Waals surface area (Å²) in [5, 5.41) is 1.88. The van der Waals surface area contributed by atoms with Gasteiger partial charge >= 0.3 is 5.97 Å². The molecule has 1 aliphatic heterocycles. The van der Waals surface area contributed by atoms with Crippen molar-refractivity contribution in [3.63, 3.8) is 0 Å². The van der Waals surface area contributed by atoms with Crippen LogP contribution in [0.2, 0.25) is 0 Å². The number of esters is 1. The number of sulfonamides is 1. The minimum atomic E-state index is -3.83. The van der Waals surface area contributed by atoms with E-state index in [9.17, 15) is 22.0 Å². The van der Waals surface area contributed by atoms with Crippen molar-refractivity contribution < 1.29 is 26.7 Å². The van der Waals surface area contributed by atoms with Crippen LogP contribution < -0.4 is 10.0 Å². The molecule has 2 atom stereocenters. The SMILES string of the molecule is COC(=O)C1CC(S(=O)(=O)Nc2ccc(F)c(F)c2)CN1. The van der Waals surface area contributed by atoms with Crippen LogP contribution in [0.3, 0.4) is 0 Å². The summed E-state index contributed by atoms with van der Waals surface area (Å²) >= 11 is 0. The fourth-order valence-electron chi connectivity index (χ4n) is 2.07. The van der Waals surface area contributed by atoms with Crippen molar-refractivity contribution in [3.8, 4) is 0 Å². The van der Waals surface area contributed by atoms with E-state index in [1.54, 1.807) is 0 Å². The maximum absolute atomic E-state index is 13.1. The summed E-state index contributed by atoms with van der Waals surface area (Å²) in [5.41, 5.74) is -0.0737. The van der Waals surface area contributed by atoms with Crippen LogP contribution in [0.4, 0.5) is 14.5 Å². The van der Waals surface area contributed by atoms with Crippen molar-refractivity contribution in [3.05, 3.63) is 29.8 Å². The van der Waals surface area contributed by atoms with E-state index in [2.05, 4.69) is 14.8 Å². The fourth-order valence-corrected chi connectivity index (χ4v) is 3.45. The highest BCUT2D eigenvalue weighted by molar-refractivity contribution is 7.93. The Hall–Kier alpha value is -1.74. The minimum absolute atomic E-state index is 0.0473. The van der Waals surface area contributed by atoms with Crippen LogP contribution in [0.15, 0.2) is 18.2 Å². The van der Waals surface area contributed by atoms with Gasteiger partial charge in [0.1, 0.15) is 6.04 Å². The summed E-state index contributed by atoms with van der Waals surface area (Å²) in [6, 6.07) is 2.02. The molecule has 1 aromatic carbocycles. The van der Waals surface area contributed by atoms with Crippen molar-refractivity contribution in [2.45, 2.75) is 17.7 Å². The van der Waals surface area contributed by atoms with Gasteiger partial charge in [0.05, 0.1) is 18.0 Å². The van der Waals surface area contributed by atoms with Crippen LogP contribution in [0.1, 0.15) is 6.42 Å². The fraction of sp³-hybridized carbons (Fsp3) is 0.417. The smallest absolute Gasteiger partial charge is 0.322 e. The highest BCUT2D eigenvalue weighted by atomic mass is 32.2. The molecule has 116 valence electrons. The molecule has 21 heavy (non-hydrogen) atoms. The number of halogens is 2. The van der Waals surface area contributed by atoms with E-state index < -0.39 is 38.9 Å². The van der Waals surface area contributed by atoms with Gasteiger partial charge < -0.3 is 10.1 Å². The standard InChI is InChI=1S/C12H14F2N2O4S/c1-20-12(17)11-5-8(6-15-11)21(18,19)16-7-2-3-9(13)10(14)4-7/h2-4,8,11,15-16H,5-6H2,1H3. The topological polar surface area (TPSA) is 84.5 Å². The van der Waals surface area contributed by atoms with Crippen LogP contribution in [-0.4, -0.2) is 39.3 Å². The van der Waals surface area contributed by atoms with Gasteiger partial charge in [-0.25, -0.2) is 17.2 Å². The molecule has 2 rings (SSSR count). The van der Waals surface area contributed by atoms with Gasteiger partial charge in [0, 0.05) is 12.6 Å². The molecule has 0 radical (unpaired) electrons. The molecule has 1 heterocycles. The highest BCUT2D eigenvalue weighted by Crippen LogP contribution is 2.20. The summed E-state index contributed by atoms with van der Waals surface area (Å²) in [5.74, 6) is -2.75. The maximum atomic E-state index is 13.1. The van der Waals surface area contributed by atoms with Gasteiger partial charge in [0.15, 0.2) is 11.6 Å². The highest BCUT2D eigenvalue weighted by Gasteiger charge is 2.37. The second-order valence-corrected chi connectivity index (χ2v) is 6.58. The Labute approximate surface area is 120 Å². The second-order valence-electron chi connectivity index (χ2n) is 4.62. The van der Waals surface area contributed by atoms with Crippen molar-refractivity contribution in [1.82, 2.24) is 5.32 Å². The predicted octanol–water partition coefficient (Wildman–Crippen LogP) is 0.610. The lowest BCUT2D eigenvalue weighted by Gasteiger charge is -2.13. The van der Waals surface area contributed by atoms with E-state index in [0.29, 0.717) is 0 Å². The van der Waals surface area contributed by atoms with Gasteiger partial charge in [-0.2, -0.15) is 0 Å². The number of ether oxygens (including phenoxy) is 1. The molecule has 2 N–H and O–H groups in total. The van der Waals surface area contributed by atoms with Crippen molar-refractivity contribution >= 4 is 21.7 Å². The van der Waals surface area contributed by atoms with E-state index in [-0.39, 0.29) is 18.7 Å². The quantitative estimate of drug-likeness (QED) is 0.794. The van der Waals surface area contributed by atoms with Gasteiger partial charge in [0.25, 0.3) is 0 Å². The molecule has 0 aliphatic carbocycles. The number of methoxy groups -OCH3 is 1. The number of hydrogen-bond donors (Lipinski definition) is 2. The monoisotopic (exact) mass is 320 g/mol. The lowest BCUT2D eigenvalue weighted by Crippen LogP contribution is -2.31. The van der Waals surface area contributed by atoms with E-state index in [1.807, 2.05) is 0 Å². The molecule has 0 spiro atoms. The zero-order valence-electron chi connectivity index (χ0n) is 11.1. The number of nitrogens with one attached hydrogen (secondary N) is 2. The molecule has 1 aromatic rings. The van der Waals surface area contributed by atoms with E-state index >= 15 is 0 Å². The third-order valence-electron chi connectivity index (χ3n) is 3.19. The summed E-state index contributed by atoms with van der Waals surface area (Å²) in [6.07, 6.45) is 0.0473. The normalized spacial score (nSPS) is 22.0. The maximum Gasteiger partial charge on any atom is 0.322 e. The van der Waals surface area contributed by atoms with Gasteiger partial charge in [-0.15, -0.1) is 0 Å². The van der Waals surface area contributed by atoms with E-state index in [0.717, 1.165) is 18.2 Å². The predicted molar refractivity (Wildman–Crippen MR) is 71.1 cm³/mol. The molecule has 1 saturated heterocycles. The first-order valence-corrected chi connectivity index (χ1v) is 7.66. The zero-order chi connectivity index (χ0) is 15.6. The van der Waals surface area contributed by atoms with Crippen LogP contribution in [0, 0.1) is 11.6 Å². The molecule has 0 amide bonds. The molecule has 6 nitrogen and oxygen atoms in total. The number of anilines is 1. The Balaban J connectivity index is 2.09. The van der Waals surface area contributed by atoms with E-state index in [4.69, 9.17) is 0 Å². The number of carbonyl (C=O) groups is 1. The first kappa shape index (κ1) is 15.6. The number of carbonyl (C=O) groups excluding carboxylic acids is 1. The number of hydrogen-bond acceptors (Lipinski definition) is 5. The van der Waals surface area contributed by atoms with Crippen LogP contribution in [-0.2, 0) is 19.6 Å². The molecular formula is C12H14F2N2O4S. The average molecular weight is 320 g/mol. The average Bonchev–Trinajstić information content (AvgIpc) is 2.92. The third kappa shape index (κ3) is 3.48. The summed E-state index contributed by atoms with van der Waals surface area (Å²) in [4.78, 5) is 11.3. The number of benzene rings is 1. The lowest BCUT2D eigenvalue weighted by atomic mass is 10.2. The molecule has 2 unspecified atom stereocenters. The molecule has 1 aliphatic rings. The van der Waals surface area contributed by atoms with Crippen molar-refractivity contribution in [2.75, 3.05) is 18.4 Å². The van der Waals surface area contributed by atoms with Crippen LogP contribution in [0.5, 0.6) is 0 Å². The second kappa shape index (κ2) is 5.94. The molecule has 0 aromatic heterocycles. The van der Waals surface area contributed by atoms with Gasteiger partial charge in [-0.05, 0) is 18.6 Å². The molecule has 9 heteroatoms. The first-order valence-electron chi connectivity index (χ1n) is 6.11. The summed E-state index contributed by atoms with van der Waals surface area (Å²) in [7, 11) is -2.61. The first-order chi connectivity index (χ1) is 9.83. The Bertz CT molecular complexity index is 651. The van der Waals surface area contributed by atoms with Gasteiger partial charge in [0.2, 0.25) is 10.0 Å². The van der Waals surface area contributed by atoms with Gasteiger partial charge in [-0.1, -0.05) is 0 Å². The Morgan fingerprint density at radius 2 is 2.10 bits per heavy atom. The number of rotatable bonds is 4. The molecular weight excluding hydrogens is 306 g/mol. The van der Waals surface area contributed by atoms with Crippen molar-refractivity contribution in [1.29, 1.82) is 0 Å². The molecule has 0 bridgehead atoms. The van der Waals surface area contributed by atoms with Gasteiger partial charge in [-0.3, -0.25) is 9.52 Å². The minimum Gasteiger partial charge on any atom is -0.468 e.